The molecule has 3 atom stereocenters. The molecule has 6 heteroatoms. The molecular weight excluding hydrogens is 404 g/mol. The Morgan fingerprint density at radius 2 is 1.59 bits per heavy atom. The molecule has 0 aromatic heterocycles. The normalized spacial score (nSPS) is 28.9. The molecule has 32 heavy (non-hydrogen) atoms. The van der Waals surface area contributed by atoms with Crippen LogP contribution in [0.25, 0.3) is 0 Å². The minimum atomic E-state index is -0.251. The van der Waals surface area contributed by atoms with E-state index in [0.29, 0.717) is 6.61 Å². The number of carbonyl (C=O) groups is 2. The van der Waals surface area contributed by atoms with Gasteiger partial charge in [0.25, 0.3) is 0 Å². The van der Waals surface area contributed by atoms with Crippen LogP contribution in [0, 0.1) is 11.8 Å². The molecule has 2 aliphatic heterocycles. The van der Waals surface area contributed by atoms with E-state index < -0.39 is 0 Å². The van der Waals surface area contributed by atoms with Crippen molar-refractivity contribution in [2.75, 3.05) is 13.7 Å². The highest BCUT2D eigenvalue weighted by molar-refractivity contribution is 5.75. The predicted octanol–water partition coefficient (Wildman–Crippen LogP) is 4.70. The van der Waals surface area contributed by atoms with Gasteiger partial charge >= 0.3 is 11.9 Å². The third-order valence-corrected chi connectivity index (χ3v) is 8.05. The average Bonchev–Trinajstić information content (AvgIpc) is 2.99. The average molecular weight is 453 g/mol. The minimum Gasteiger partial charge on any atom is -0.465 e. The van der Waals surface area contributed by atoms with Gasteiger partial charge in [-0.2, -0.15) is 0 Å². The van der Waals surface area contributed by atoms with E-state index >= 15 is 0 Å². The zero-order chi connectivity index (χ0) is 24.5. The highest BCUT2D eigenvalue weighted by atomic mass is 16.5. The van der Waals surface area contributed by atoms with Gasteiger partial charge in [0.1, 0.15) is 6.10 Å². The molecule has 0 saturated carbocycles. The molecule has 186 valence electrons. The Bertz CT molecular complexity index is 683. The van der Waals surface area contributed by atoms with Gasteiger partial charge in [0.05, 0.1) is 18.4 Å². The number of carbonyl (C=O) groups excluding carboxylic acids is 2. The molecule has 0 radical (unpaired) electrons. The summed E-state index contributed by atoms with van der Waals surface area (Å²) in [6, 6.07) is 0. The molecule has 0 amide bonds. The lowest BCUT2D eigenvalue weighted by Gasteiger charge is -2.38. The minimum absolute atomic E-state index is 0.0165. The monoisotopic (exact) mass is 452 g/mol. The Kier molecular flexibility index (Phi) is 8.14. The zero-order valence-corrected chi connectivity index (χ0v) is 22.3. The molecule has 2 aliphatic rings. The van der Waals surface area contributed by atoms with Gasteiger partial charge in [-0.05, 0) is 101 Å². The Labute approximate surface area is 196 Å². The van der Waals surface area contributed by atoms with Crippen LogP contribution in [0.4, 0.5) is 0 Å². The summed E-state index contributed by atoms with van der Waals surface area (Å²) in [5, 5.41) is 3.53. The first-order chi connectivity index (χ1) is 14.5. The molecule has 2 heterocycles. The molecular formula is C26H48N2O4. The number of hydrogen-bond donors (Lipinski definition) is 1. The lowest BCUT2D eigenvalue weighted by Crippen LogP contribution is -2.48. The fraction of sp³-hybridized carbons (Fsp3) is 0.923. The van der Waals surface area contributed by atoms with E-state index in [2.05, 4.69) is 79.6 Å². The van der Waals surface area contributed by atoms with Crippen molar-refractivity contribution in [2.45, 2.75) is 129 Å². The maximum Gasteiger partial charge on any atom is 0.311 e. The van der Waals surface area contributed by atoms with Gasteiger partial charge in [0.2, 0.25) is 0 Å². The van der Waals surface area contributed by atoms with Gasteiger partial charge in [0.15, 0.2) is 0 Å². The van der Waals surface area contributed by atoms with Crippen molar-refractivity contribution in [1.82, 2.24) is 10.2 Å². The highest BCUT2D eigenvalue weighted by Crippen LogP contribution is 2.44. The van der Waals surface area contributed by atoms with Gasteiger partial charge in [0, 0.05) is 22.2 Å². The van der Waals surface area contributed by atoms with Gasteiger partial charge in [-0.15, -0.1) is 0 Å². The third kappa shape index (κ3) is 6.05. The molecule has 3 unspecified atom stereocenters. The van der Waals surface area contributed by atoms with Gasteiger partial charge < -0.3 is 14.8 Å². The lowest BCUT2D eigenvalue weighted by atomic mass is 9.87. The standard InChI is InChI=1S/C26H48N2O4/c1-11-18(32-22(30)20-17-24(4,5)28(10)26(20,8)9)14-12-13-15-31-21(29)19-16-23(2,3)27-25(19,6)7/h18-20,27H,11-17H2,1-10H3. The van der Waals surface area contributed by atoms with Crippen LogP contribution in [0.15, 0.2) is 0 Å². The molecule has 0 bridgehead atoms. The first kappa shape index (κ1) is 27.1. The maximum atomic E-state index is 13.0. The van der Waals surface area contributed by atoms with E-state index in [1.165, 1.54) is 0 Å². The van der Waals surface area contributed by atoms with E-state index in [1.807, 2.05) is 0 Å². The van der Waals surface area contributed by atoms with Gasteiger partial charge in [-0.25, -0.2) is 0 Å². The molecule has 1 N–H and O–H groups in total. The van der Waals surface area contributed by atoms with Crippen LogP contribution in [-0.4, -0.2) is 58.8 Å². The molecule has 2 rings (SSSR count). The van der Waals surface area contributed by atoms with Crippen molar-refractivity contribution in [2.24, 2.45) is 11.8 Å². The maximum absolute atomic E-state index is 13.0. The molecule has 2 fully saturated rings. The van der Waals surface area contributed by atoms with E-state index in [4.69, 9.17) is 9.47 Å². The SMILES string of the molecule is CCC(CCCCOC(=O)C1CC(C)(C)NC1(C)C)OC(=O)C1CC(C)(C)N(C)C1(C)C. The topological polar surface area (TPSA) is 67.9 Å². The van der Waals surface area contributed by atoms with Crippen molar-refractivity contribution < 1.29 is 19.1 Å². The number of nitrogens with one attached hydrogen (secondary N) is 1. The summed E-state index contributed by atoms with van der Waals surface area (Å²) in [5.41, 5.74) is -0.538. The van der Waals surface area contributed by atoms with Crippen LogP contribution in [-0.2, 0) is 19.1 Å². The Hall–Kier alpha value is -1.14. The number of hydrogen-bond acceptors (Lipinski definition) is 6. The summed E-state index contributed by atoms with van der Waals surface area (Å²) in [7, 11) is 2.09. The Balaban J connectivity index is 1.75. The van der Waals surface area contributed by atoms with Crippen molar-refractivity contribution in [3.8, 4) is 0 Å². The molecule has 0 spiro atoms. The van der Waals surface area contributed by atoms with Crippen LogP contribution in [0.5, 0.6) is 0 Å². The smallest absolute Gasteiger partial charge is 0.311 e. The number of ether oxygens (including phenoxy) is 2. The van der Waals surface area contributed by atoms with Gasteiger partial charge in [-0.3, -0.25) is 14.5 Å². The quantitative estimate of drug-likeness (QED) is 0.404. The Morgan fingerprint density at radius 3 is 2.06 bits per heavy atom. The zero-order valence-electron chi connectivity index (χ0n) is 22.3. The summed E-state index contributed by atoms with van der Waals surface area (Å²) in [6.07, 6.45) is 4.78. The number of esters is 2. The second-order valence-electron chi connectivity index (χ2n) is 12.4. The van der Waals surface area contributed by atoms with E-state index in [1.54, 1.807) is 0 Å². The largest absolute Gasteiger partial charge is 0.465 e. The van der Waals surface area contributed by atoms with Crippen molar-refractivity contribution in [3.05, 3.63) is 0 Å². The van der Waals surface area contributed by atoms with E-state index in [9.17, 15) is 9.59 Å². The molecule has 6 nitrogen and oxygen atoms in total. The van der Waals surface area contributed by atoms with Crippen LogP contribution in [0.1, 0.15) is 101 Å². The van der Waals surface area contributed by atoms with Crippen LogP contribution in [0.3, 0.4) is 0 Å². The summed E-state index contributed by atoms with van der Waals surface area (Å²) in [4.78, 5) is 27.9. The van der Waals surface area contributed by atoms with Crippen LogP contribution in [0.2, 0.25) is 0 Å². The van der Waals surface area contributed by atoms with Crippen molar-refractivity contribution >= 4 is 11.9 Å². The van der Waals surface area contributed by atoms with Crippen LogP contribution < -0.4 is 5.32 Å². The number of unbranched alkanes of at least 4 members (excludes halogenated alkanes) is 1. The summed E-state index contributed by atoms with van der Waals surface area (Å²) >= 11 is 0. The molecule has 0 aromatic rings. The summed E-state index contributed by atoms with van der Waals surface area (Å²) < 4.78 is 11.5. The summed E-state index contributed by atoms with van der Waals surface area (Å²) in [5.74, 6) is -0.435. The Morgan fingerprint density at radius 1 is 0.969 bits per heavy atom. The molecule has 0 aliphatic carbocycles. The third-order valence-electron chi connectivity index (χ3n) is 8.05. The molecule has 2 saturated heterocycles. The number of nitrogens with zero attached hydrogens (tertiary/aromatic N) is 1. The van der Waals surface area contributed by atoms with E-state index in [-0.39, 0.29) is 52.0 Å². The second-order valence-corrected chi connectivity index (χ2v) is 12.4. The number of rotatable bonds is 9. The van der Waals surface area contributed by atoms with Crippen molar-refractivity contribution in [1.29, 1.82) is 0 Å². The number of likely N-dealkylation sites (tertiary alicyclic amines) is 1. The lowest BCUT2D eigenvalue weighted by molar-refractivity contribution is -0.157. The summed E-state index contributed by atoms with van der Waals surface area (Å²) in [6.45, 7) is 19.5. The van der Waals surface area contributed by atoms with Gasteiger partial charge in [-0.1, -0.05) is 6.92 Å². The fourth-order valence-electron chi connectivity index (χ4n) is 5.77. The first-order valence-electron chi connectivity index (χ1n) is 12.4. The first-order valence-corrected chi connectivity index (χ1v) is 12.4. The second kappa shape index (κ2) is 9.61. The molecule has 0 aromatic carbocycles. The highest BCUT2D eigenvalue weighted by Gasteiger charge is 2.53. The van der Waals surface area contributed by atoms with E-state index in [0.717, 1.165) is 38.5 Å². The van der Waals surface area contributed by atoms with Crippen molar-refractivity contribution in [3.63, 3.8) is 0 Å². The predicted molar refractivity (Wildman–Crippen MR) is 128 cm³/mol. The fourth-order valence-corrected chi connectivity index (χ4v) is 5.77. The van der Waals surface area contributed by atoms with Crippen LogP contribution >= 0.6 is 0 Å².